The molecule has 0 heterocycles. The number of fused-ring (bicyclic) bond motifs is 1. The number of rotatable bonds is 6. The standard InChI is InChI=1S/C15H17NO3S/c1-2-3-6-11-19-14-9-10-15(20(16,17)18)13-8-5-4-7-12(13)14/h2,4-5,7-10H,1,3,6,11H2,(H2,16,17,18). The molecule has 0 aliphatic heterocycles. The summed E-state index contributed by atoms with van der Waals surface area (Å²) in [6, 6.07) is 10.3. The van der Waals surface area contributed by atoms with Gasteiger partial charge in [-0.25, -0.2) is 13.6 Å². The lowest BCUT2D eigenvalue weighted by Gasteiger charge is -2.11. The van der Waals surface area contributed by atoms with Crippen LogP contribution in [0.1, 0.15) is 12.8 Å². The van der Waals surface area contributed by atoms with Crippen molar-refractivity contribution in [3.63, 3.8) is 0 Å². The molecule has 2 aromatic carbocycles. The average Bonchev–Trinajstić information content (AvgIpc) is 2.42. The third kappa shape index (κ3) is 3.18. The van der Waals surface area contributed by atoms with Crippen LogP contribution < -0.4 is 9.88 Å². The quantitative estimate of drug-likeness (QED) is 0.657. The van der Waals surface area contributed by atoms with Crippen molar-refractivity contribution in [2.45, 2.75) is 17.7 Å². The molecule has 2 N–H and O–H groups in total. The van der Waals surface area contributed by atoms with E-state index in [-0.39, 0.29) is 4.90 Å². The van der Waals surface area contributed by atoms with Crippen molar-refractivity contribution in [2.24, 2.45) is 5.14 Å². The van der Waals surface area contributed by atoms with E-state index in [0.29, 0.717) is 17.7 Å². The van der Waals surface area contributed by atoms with Crippen LogP contribution >= 0.6 is 0 Å². The zero-order chi connectivity index (χ0) is 14.6. The van der Waals surface area contributed by atoms with Gasteiger partial charge in [-0.05, 0) is 25.0 Å². The molecule has 0 saturated heterocycles. The van der Waals surface area contributed by atoms with Gasteiger partial charge in [0.25, 0.3) is 0 Å². The molecule has 106 valence electrons. The number of hydrogen-bond acceptors (Lipinski definition) is 3. The number of allylic oxidation sites excluding steroid dienone is 1. The highest BCUT2D eigenvalue weighted by Gasteiger charge is 2.14. The van der Waals surface area contributed by atoms with E-state index < -0.39 is 10.0 Å². The molecule has 0 aliphatic rings. The van der Waals surface area contributed by atoms with Crippen LogP contribution in [0.3, 0.4) is 0 Å². The van der Waals surface area contributed by atoms with E-state index in [0.717, 1.165) is 18.2 Å². The number of primary sulfonamides is 1. The van der Waals surface area contributed by atoms with Gasteiger partial charge in [0.2, 0.25) is 10.0 Å². The van der Waals surface area contributed by atoms with E-state index in [1.54, 1.807) is 18.2 Å². The van der Waals surface area contributed by atoms with Crippen LogP contribution in [0, 0.1) is 0 Å². The summed E-state index contributed by atoms with van der Waals surface area (Å²) in [5.41, 5.74) is 0. The molecule has 0 saturated carbocycles. The van der Waals surface area contributed by atoms with Crippen LogP contribution in [0.15, 0.2) is 53.9 Å². The van der Waals surface area contributed by atoms with E-state index in [1.165, 1.54) is 6.07 Å². The summed E-state index contributed by atoms with van der Waals surface area (Å²) in [7, 11) is -3.74. The number of ether oxygens (including phenoxy) is 1. The van der Waals surface area contributed by atoms with Gasteiger partial charge < -0.3 is 4.74 Å². The van der Waals surface area contributed by atoms with Gasteiger partial charge in [0.05, 0.1) is 11.5 Å². The Morgan fingerprint density at radius 3 is 2.50 bits per heavy atom. The SMILES string of the molecule is C=CCCCOc1ccc(S(N)(=O)=O)c2ccccc12. The van der Waals surface area contributed by atoms with E-state index in [1.807, 2.05) is 18.2 Å². The van der Waals surface area contributed by atoms with Crippen LogP contribution in [0.25, 0.3) is 10.8 Å². The predicted molar refractivity (Wildman–Crippen MR) is 80.2 cm³/mol. The molecule has 0 spiro atoms. The first-order valence-corrected chi connectivity index (χ1v) is 7.87. The fourth-order valence-corrected chi connectivity index (χ4v) is 2.77. The maximum absolute atomic E-state index is 11.6. The van der Waals surface area contributed by atoms with E-state index >= 15 is 0 Å². The summed E-state index contributed by atoms with van der Waals surface area (Å²) in [5, 5.41) is 6.56. The normalized spacial score (nSPS) is 11.4. The number of unbranched alkanes of at least 4 members (excludes halogenated alkanes) is 1. The largest absolute Gasteiger partial charge is 0.493 e. The molecule has 0 radical (unpaired) electrons. The molecular weight excluding hydrogens is 274 g/mol. The second kappa shape index (κ2) is 6.07. The number of nitrogens with two attached hydrogens (primary N) is 1. The fraction of sp³-hybridized carbons (Fsp3) is 0.200. The first-order chi connectivity index (χ1) is 9.54. The fourth-order valence-electron chi connectivity index (χ4n) is 2.03. The third-order valence-corrected chi connectivity index (χ3v) is 3.93. The van der Waals surface area contributed by atoms with Crippen molar-refractivity contribution in [1.29, 1.82) is 0 Å². The Morgan fingerprint density at radius 1 is 1.15 bits per heavy atom. The number of benzene rings is 2. The van der Waals surface area contributed by atoms with Crippen LogP contribution in [0.5, 0.6) is 5.75 Å². The Hall–Kier alpha value is -1.85. The zero-order valence-corrected chi connectivity index (χ0v) is 11.9. The Bertz CT molecular complexity index is 723. The molecule has 2 rings (SSSR count). The predicted octanol–water partition coefficient (Wildman–Crippen LogP) is 2.83. The lowest BCUT2D eigenvalue weighted by molar-refractivity contribution is 0.315. The lowest BCUT2D eigenvalue weighted by Crippen LogP contribution is -2.12. The molecule has 0 amide bonds. The van der Waals surface area contributed by atoms with E-state index in [4.69, 9.17) is 9.88 Å². The van der Waals surface area contributed by atoms with Crippen molar-refractivity contribution < 1.29 is 13.2 Å². The highest BCUT2D eigenvalue weighted by atomic mass is 32.2. The van der Waals surface area contributed by atoms with Crippen LogP contribution in [0.2, 0.25) is 0 Å². The molecule has 0 aromatic heterocycles. The minimum Gasteiger partial charge on any atom is -0.493 e. The maximum atomic E-state index is 11.6. The molecular formula is C15H17NO3S. The van der Waals surface area contributed by atoms with E-state index in [2.05, 4.69) is 6.58 Å². The monoisotopic (exact) mass is 291 g/mol. The summed E-state index contributed by atoms with van der Waals surface area (Å²) in [6.07, 6.45) is 3.59. The molecule has 0 unspecified atom stereocenters. The Kier molecular flexibility index (Phi) is 4.42. The Balaban J connectivity index is 2.41. The summed E-state index contributed by atoms with van der Waals surface area (Å²) >= 11 is 0. The second-order valence-electron chi connectivity index (χ2n) is 4.43. The minimum atomic E-state index is -3.74. The molecule has 5 heteroatoms. The summed E-state index contributed by atoms with van der Waals surface area (Å²) in [6.45, 7) is 4.22. The van der Waals surface area contributed by atoms with Gasteiger partial charge in [-0.15, -0.1) is 6.58 Å². The van der Waals surface area contributed by atoms with Crippen LogP contribution in [-0.2, 0) is 10.0 Å². The number of hydrogen-bond donors (Lipinski definition) is 1. The maximum Gasteiger partial charge on any atom is 0.238 e. The van der Waals surface area contributed by atoms with Gasteiger partial charge in [0.1, 0.15) is 5.75 Å². The van der Waals surface area contributed by atoms with Crippen LogP contribution in [-0.4, -0.2) is 15.0 Å². The van der Waals surface area contributed by atoms with Gasteiger partial charge in [-0.1, -0.05) is 30.3 Å². The minimum absolute atomic E-state index is 0.117. The topological polar surface area (TPSA) is 69.4 Å². The van der Waals surface area contributed by atoms with Crippen molar-refractivity contribution in [3.8, 4) is 5.75 Å². The zero-order valence-electron chi connectivity index (χ0n) is 11.1. The van der Waals surface area contributed by atoms with Gasteiger partial charge in [0, 0.05) is 10.8 Å². The Labute approximate surface area is 118 Å². The Morgan fingerprint density at radius 2 is 1.85 bits per heavy atom. The van der Waals surface area contributed by atoms with Gasteiger partial charge in [-0.2, -0.15) is 0 Å². The first-order valence-electron chi connectivity index (χ1n) is 6.32. The molecule has 4 nitrogen and oxygen atoms in total. The van der Waals surface area contributed by atoms with Crippen molar-refractivity contribution in [1.82, 2.24) is 0 Å². The number of sulfonamides is 1. The van der Waals surface area contributed by atoms with Crippen molar-refractivity contribution >= 4 is 20.8 Å². The molecule has 2 aromatic rings. The second-order valence-corrected chi connectivity index (χ2v) is 5.96. The molecule has 20 heavy (non-hydrogen) atoms. The lowest BCUT2D eigenvalue weighted by atomic mass is 10.1. The highest BCUT2D eigenvalue weighted by molar-refractivity contribution is 7.89. The summed E-state index contributed by atoms with van der Waals surface area (Å²) < 4.78 is 28.9. The van der Waals surface area contributed by atoms with Gasteiger partial charge >= 0.3 is 0 Å². The van der Waals surface area contributed by atoms with Crippen molar-refractivity contribution in [2.75, 3.05) is 6.61 Å². The molecule has 0 aliphatic carbocycles. The molecule has 0 atom stereocenters. The van der Waals surface area contributed by atoms with Gasteiger partial charge in [-0.3, -0.25) is 0 Å². The average molecular weight is 291 g/mol. The summed E-state index contributed by atoms with van der Waals surface area (Å²) in [5.74, 6) is 0.664. The van der Waals surface area contributed by atoms with Crippen molar-refractivity contribution in [3.05, 3.63) is 49.1 Å². The van der Waals surface area contributed by atoms with Gasteiger partial charge in [0.15, 0.2) is 0 Å². The van der Waals surface area contributed by atoms with E-state index in [9.17, 15) is 8.42 Å². The molecule has 0 fully saturated rings. The first kappa shape index (κ1) is 14.6. The van der Waals surface area contributed by atoms with Crippen LogP contribution in [0.4, 0.5) is 0 Å². The highest BCUT2D eigenvalue weighted by Crippen LogP contribution is 2.30. The molecule has 0 bridgehead atoms. The third-order valence-electron chi connectivity index (χ3n) is 2.96. The smallest absolute Gasteiger partial charge is 0.238 e. The summed E-state index contributed by atoms with van der Waals surface area (Å²) in [4.78, 5) is 0.117.